The minimum Gasteiger partial charge on any atom is -0.496 e. The van der Waals surface area contributed by atoms with Crippen molar-refractivity contribution in [3.63, 3.8) is 0 Å². The molecule has 0 aromatic heterocycles. The third-order valence-electron chi connectivity index (χ3n) is 3.98. The van der Waals surface area contributed by atoms with Gasteiger partial charge in [0.2, 0.25) is 0 Å². The van der Waals surface area contributed by atoms with Gasteiger partial charge in [0, 0.05) is 12.6 Å². The molecule has 1 saturated carbocycles. The molecular weight excluding hydrogens is 242 g/mol. The number of carboxylic acids is 1. The number of ether oxygens (including phenoxy) is 1. The number of methoxy groups -OCH3 is 1. The zero-order chi connectivity index (χ0) is 14.0. The average molecular weight is 263 g/mol. The van der Waals surface area contributed by atoms with E-state index < -0.39 is 5.97 Å². The normalized spacial score (nSPS) is 22.1. The fraction of sp³-hybridized carbons (Fsp3) is 0.533. The van der Waals surface area contributed by atoms with Crippen LogP contribution in [0.5, 0.6) is 5.75 Å². The maximum Gasteiger partial charge on any atom is 0.306 e. The van der Waals surface area contributed by atoms with Crippen molar-refractivity contribution in [2.75, 3.05) is 14.2 Å². The van der Waals surface area contributed by atoms with E-state index in [0.717, 1.165) is 30.7 Å². The van der Waals surface area contributed by atoms with Gasteiger partial charge in [-0.05, 0) is 44.0 Å². The van der Waals surface area contributed by atoms with Crippen molar-refractivity contribution in [1.82, 2.24) is 4.90 Å². The van der Waals surface area contributed by atoms with Crippen molar-refractivity contribution in [3.8, 4) is 5.75 Å². The smallest absolute Gasteiger partial charge is 0.306 e. The number of benzene rings is 1. The summed E-state index contributed by atoms with van der Waals surface area (Å²) >= 11 is 0. The standard InChI is InChI=1S/C15H21NO3/c1-10-6-11(4-5-14(10)19-3)9-16(2)13-7-12(8-13)15(17)18/h4-6,12-13H,7-9H2,1-3H3,(H,17,18). The number of carbonyl (C=O) groups is 1. The van der Waals surface area contributed by atoms with Gasteiger partial charge in [0.25, 0.3) is 0 Å². The van der Waals surface area contributed by atoms with E-state index in [1.54, 1.807) is 7.11 Å². The van der Waals surface area contributed by atoms with Crippen LogP contribution in [-0.4, -0.2) is 36.2 Å². The summed E-state index contributed by atoms with van der Waals surface area (Å²) in [4.78, 5) is 13.0. The van der Waals surface area contributed by atoms with E-state index >= 15 is 0 Å². The van der Waals surface area contributed by atoms with Crippen LogP contribution in [0.25, 0.3) is 0 Å². The van der Waals surface area contributed by atoms with E-state index in [1.807, 2.05) is 13.0 Å². The van der Waals surface area contributed by atoms with Crippen LogP contribution in [0.15, 0.2) is 18.2 Å². The SMILES string of the molecule is COc1ccc(CN(C)C2CC(C(=O)O)C2)cc1C. The molecule has 0 radical (unpaired) electrons. The quantitative estimate of drug-likeness (QED) is 0.885. The van der Waals surface area contributed by atoms with Crippen molar-refractivity contribution in [3.05, 3.63) is 29.3 Å². The molecule has 0 atom stereocenters. The zero-order valence-corrected chi connectivity index (χ0v) is 11.7. The highest BCUT2D eigenvalue weighted by Gasteiger charge is 2.36. The number of nitrogens with zero attached hydrogens (tertiary/aromatic N) is 1. The highest BCUT2D eigenvalue weighted by Crippen LogP contribution is 2.32. The molecule has 2 rings (SSSR count). The molecule has 0 spiro atoms. The third kappa shape index (κ3) is 3.07. The minimum absolute atomic E-state index is 0.148. The fourth-order valence-electron chi connectivity index (χ4n) is 2.61. The van der Waals surface area contributed by atoms with E-state index in [2.05, 4.69) is 24.1 Å². The molecule has 1 fully saturated rings. The molecule has 1 aliphatic rings. The van der Waals surface area contributed by atoms with Crippen molar-refractivity contribution >= 4 is 5.97 Å². The largest absolute Gasteiger partial charge is 0.496 e. The number of rotatable bonds is 5. The Morgan fingerprint density at radius 3 is 2.68 bits per heavy atom. The average Bonchev–Trinajstić information content (AvgIpc) is 2.26. The first-order valence-electron chi connectivity index (χ1n) is 6.57. The zero-order valence-electron chi connectivity index (χ0n) is 11.7. The van der Waals surface area contributed by atoms with E-state index in [0.29, 0.717) is 6.04 Å². The monoisotopic (exact) mass is 263 g/mol. The van der Waals surface area contributed by atoms with E-state index in [1.165, 1.54) is 5.56 Å². The number of hydrogen-bond acceptors (Lipinski definition) is 3. The molecule has 1 aliphatic carbocycles. The third-order valence-corrected chi connectivity index (χ3v) is 3.98. The molecule has 0 saturated heterocycles. The number of aryl methyl sites for hydroxylation is 1. The summed E-state index contributed by atoms with van der Waals surface area (Å²) in [5.41, 5.74) is 2.37. The molecule has 1 aromatic carbocycles. The minimum atomic E-state index is -0.662. The van der Waals surface area contributed by atoms with E-state index in [4.69, 9.17) is 9.84 Å². The Morgan fingerprint density at radius 1 is 1.47 bits per heavy atom. The molecule has 0 aliphatic heterocycles. The Bertz CT molecular complexity index is 466. The molecule has 19 heavy (non-hydrogen) atoms. The lowest BCUT2D eigenvalue weighted by Crippen LogP contribution is -2.44. The van der Waals surface area contributed by atoms with Gasteiger partial charge in [-0.1, -0.05) is 12.1 Å². The first-order valence-corrected chi connectivity index (χ1v) is 6.57. The van der Waals surface area contributed by atoms with Crippen LogP contribution < -0.4 is 4.74 Å². The Balaban J connectivity index is 1.91. The molecule has 0 amide bonds. The van der Waals surface area contributed by atoms with Crippen LogP contribution in [0.2, 0.25) is 0 Å². The topological polar surface area (TPSA) is 49.8 Å². The Labute approximate surface area is 114 Å². The number of carboxylic acid groups (broad SMARTS) is 1. The van der Waals surface area contributed by atoms with Crippen LogP contribution in [0.3, 0.4) is 0 Å². The lowest BCUT2D eigenvalue weighted by molar-refractivity contribution is -0.146. The summed E-state index contributed by atoms with van der Waals surface area (Å²) in [6.07, 6.45) is 1.53. The summed E-state index contributed by atoms with van der Waals surface area (Å²) in [5, 5.41) is 8.88. The van der Waals surface area contributed by atoms with Gasteiger partial charge < -0.3 is 9.84 Å². The van der Waals surface area contributed by atoms with Crippen LogP contribution in [0.4, 0.5) is 0 Å². The molecule has 1 aromatic rings. The van der Waals surface area contributed by atoms with Gasteiger partial charge in [0.05, 0.1) is 13.0 Å². The molecule has 0 unspecified atom stereocenters. The first kappa shape index (κ1) is 13.9. The summed E-state index contributed by atoms with van der Waals surface area (Å²) in [7, 11) is 3.73. The summed E-state index contributed by atoms with van der Waals surface area (Å²) < 4.78 is 5.25. The molecule has 0 heterocycles. The summed E-state index contributed by atoms with van der Waals surface area (Å²) in [6.45, 7) is 2.88. The molecule has 1 N–H and O–H groups in total. The predicted octanol–water partition coefficient (Wildman–Crippen LogP) is 2.30. The lowest BCUT2D eigenvalue weighted by atomic mass is 9.79. The second kappa shape index (κ2) is 5.61. The van der Waals surface area contributed by atoms with Crippen LogP contribution >= 0.6 is 0 Å². The second-order valence-corrected chi connectivity index (χ2v) is 5.38. The highest BCUT2D eigenvalue weighted by molar-refractivity contribution is 5.71. The van der Waals surface area contributed by atoms with E-state index in [-0.39, 0.29) is 5.92 Å². The van der Waals surface area contributed by atoms with E-state index in [9.17, 15) is 4.79 Å². The molecular formula is C15H21NO3. The van der Waals surface area contributed by atoms with Crippen LogP contribution in [0.1, 0.15) is 24.0 Å². The van der Waals surface area contributed by atoms with Gasteiger partial charge in [-0.3, -0.25) is 9.69 Å². The van der Waals surface area contributed by atoms with Crippen molar-refractivity contribution in [2.45, 2.75) is 32.4 Å². The second-order valence-electron chi connectivity index (χ2n) is 5.38. The molecule has 0 bridgehead atoms. The van der Waals surface area contributed by atoms with Crippen molar-refractivity contribution in [2.24, 2.45) is 5.92 Å². The lowest BCUT2D eigenvalue weighted by Gasteiger charge is -2.39. The van der Waals surface area contributed by atoms with Gasteiger partial charge in [-0.2, -0.15) is 0 Å². The summed E-state index contributed by atoms with van der Waals surface area (Å²) in [6, 6.07) is 6.57. The van der Waals surface area contributed by atoms with Gasteiger partial charge in [0.1, 0.15) is 5.75 Å². The maximum atomic E-state index is 10.8. The Morgan fingerprint density at radius 2 is 2.16 bits per heavy atom. The van der Waals surface area contributed by atoms with Crippen molar-refractivity contribution in [1.29, 1.82) is 0 Å². The predicted molar refractivity (Wildman–Crippen MR) is 73.3 cm³/mol. The molecule has 104 valence electrons. The van der Waals surface area contributed by atoms with Crippen molar-refractivity contribution < 1.29 is 14.6 Å². The number of hydrogen-bond donors (Lipinski definition) is 1. The summed E-state index contributed by atoms with van der Waals surface area (Å²) in [5.74, 6) is 0.0935. The van der Waals surface area contributed by atoms with Gasteiger partial charge >= 0.3 is 5.97 Å². The van der Waals surface area contributed by atoms with Gasteiger partial charge in [0.15, 0.2) is 0 Å². The Hall–Kier alpha value is -1.55. The Kier molecular flexibility index (Phi) is 4.10. The van der Waals surface area contributed by atoms with Gasteiger partial charge in [-0.25, -0.2) is 0 Å². The van der Waals surface area contributed by atoms with Crippen LogP contribution in [-0.2, 0) is 11.3 Å². The molecule has 4 heteroatoms. The highest BCUT2D eigenvalue weighted by atomic mass is 16.5. The molecule has 4 nitrogen and oxygen atoms in total. The maximum absolute atomic E-state index is 10.8. The van der Waals surface area contributed by atoms with Gasteiger partial charge in [-0.15, -0.1) is 0 Å². The number of aliphatic carboxylic acids is 1. The fourth-order valence-corrected chi connectivity index (χ4v) is 2.61. The van der Waals surface area contributed by atoms with Crippen LogP contribution in [0, 0.1) is 12.8 Å². The first-order chi connectivity index (χ1) is 9.01.